The van der Waals surface area contributed by atoms with Gasteiger partial charge in [0, 0.05) is 6.42 Å². The predicted octanol–water partition coefficient (Wildman–Crippen LogP) is 6.62. The molecule has 0 fully saturated rings. The Balaban J connectivity index is 1.51. The predicted molar refractivity (Wildman–Crippen MR) is 137 cm³/mol. The van der Waals surface area contributed by atoms with Crippen molar-refractivity contribution in [1.82, 2.24) is 0 Å². The molecule has 0 saturated heterocycles. The van der Waals surface area contributed by atoms with E-state index in [0.29, 0.717) is 18.1 Å². The molecule has 0 aliphatic carbocycles. The van der Waals surface area contributed by atoms with E-state index in [-0.39, 0.29) is 6.10 Å². The van der Waals surface area contributed by atoms with Crippen LogP contribution >= 0.6 is 0 Å². The van der Waals surface area contributed by atoms with Gasteiger partial charge in [-0.1, -0.05) is 37.6 Å². The number of methoxy groups -OCH3 is 1. The molecule has 6 heteroatoms. The molecule has 3 aromatic rings. The van der Waals surface area contributed by atoms with Crippen molar-refractivity contribution in [3.8, 4) is 34.1 Å². The van der Waals surface area contributed by atoms with Crippen molar-refractivity contribution in [2.24, 2.45) is 0 Å². The Morgan fingerprint density at radius 1 is 0.800 bits per heavy atom. The van der Waals surface area contributed by atoms with Crippen LogP contribution < -0.4 is 18.9 Å². The molecule has 0 saturated carbocycles. The van der Waals surface area contributed by atoms with E-state index < -0.39 is 11.6 Å². The number of aliphatic carboxylic acids is 1. The summed E-state index contributed by atoms with van der Waals surface area (Å²) < 4.78 is 22.9. The van der Waals surface area contributed by atoms with Gasteiger partial charge >= 0.3 is 5.97 Å². The van der Waals surface area contributed by atoms with Crippen molar-refractivity contribution in [3.05, 3.63) is 72.8 Å². The van der Waals surface area contributed by atoms with Crippen molar-refractivity contribution in [1.29, 1.82) is 0 Å². The van der Waals surface area contributed by atoms with E-state index in [1.54, 1.807) is 31.4 Å². The van der Waals surface area contributed by atoms with Gasteiger partial charge < -0.3 is 24.1 Å². The number of rotatable bonds is 13. The maximum atomic E-state index is 11.2. The third-order valence-electron chi connectivity index (χ3n) is 5.61. The van der Waals surface area contributed by atoms with Crippen LogP contribution in [0.2, 0.25) is 0 Å². The van der Waals surface area contributed by atoms with Gasteiger partial charge in [-0.3, -0.25) is 0 Å². The summed E-state index contributed by atoms with van der Waals surface area (Å²) >= 11 is 0. The molecule has 0 aromatic heterocycles. The van der Waals surface area contributed by atoms with Crippen LogP contribution in [0.25, 0.3) is 11.1 Å². The summed E-state index contributed by atoms with van der Waals surface area (Å²) in [6.07, 6.45) is 2.74. The van der Waals surface area contributed by atoms with E-state index in [2.05, 4.69) is 19.1 Å². The topological polar surface area (TPSA) is 74.2 Å². The molecule has 1 N–H and O–H groups in total. The molecule has 35 heavy (non-hydrogen) atoms. The Hall–Kier alpha value is -3.67. The lowest BCUT2D eigenvalue weighted by Gasteiger charge is -2.21. The van der Waals surface area contributed by atoms with Crippen LogP contribution in [-0.2, 0) is 4.79 Å². The van der Waals surface area contributed by atoms with Crippen LogP contribution in [0.1, 0.15) is 40.0 Å². The van der Waals surface area contributed by atoms with Gasteiger partial charge in [0.2, 0.25) is 0 Å². The summed E-state index contributed by atoms with van der Waals surface area (Å²) in [4.78, 5) is 11.2. The Morgan fingerprint density at radius 2 is 1.31 bits per heavy atom. The average molecular weight is 479 g/mol. The van der Waals surface area contributed by atoms with Crippen molar-refractivity contribution in [2.75, 3.05) is 13.7 Å². The van der Waals surface area contributed by atoms with Gasteiger partial charge in [-0.05, 0) is 79.9 Å². The van der Waals surface area contributed by atoms with Crippen molar-refractivity contribution < 1.29 is 28.8 Å². The number of benzene rings is 3. The SMILES string of the molecule is CCC[C@@H](CCOc1ccc(OC(C)(C)C(=O)O)cc1)Oc1ccc(-c2ccc(OC)cc2)cc1. The number of hydrogen-bond donors (Lipinski definition) is 1. The van der Waals surface area contributed by atoms with Gasteiger partial charge in [-0.15, -0.1) is 0 Å². The van der Waals surface area contributed by atoms with Crippen LogP contribution in [-0.4, -0.2) is 36.5 Å². The smallest absolute Gasteiger partial charge is 0.347 e. The molecule has 3 rings (SSSR count). The molecule has 6 nitrogen and oxygen atoms in total. The largest absolute Gasteiger partial charge is 0.497 e. The Morgan fingerprint density at radius 3 is 1.83 bits per heavy atom. The first-order valence-corrected chi connectivity index (χ1v) is 11.9. The zero-order valence-electron chi connectivity index (χ0n) is 20.8. The first-order valence-electron chi connectivity index (χ1n) is 11.9. The molecule has 0 aliphatic rings. The average Bonchev–Trinajstić information content (AvgIpc) is 2.85. The Kier molecular flexibility index (Phi) is 9.01. The molecular weight excluding hydrogens is 444 g/mol. The molecule has 3 aromatic carbocycles. The summed E-state index contributed by atoms with van der Waals surface area (Å²) in [5.41, 5.74) is 0.952. The molecular formula is C29H34O6. The Labute approximate surface area is 207 Å². The summed E-state index contributed by atoms with van der Waals surface area (Å²) in [6.45, 7) is 5.68. The molecule has 0 aliphatic heterocycles. The van der Waals surface area contributed by atoms with Crippen LogP contribution in [0.4, 0.5) is 0 Å². The third-order valence-corrected chi connectivity index (χ3v) is 5.61. The Bertz CT molecular complexity index is 1060. The fourth-order valence-corrected chi connectivity index (χ4v) is 3.54. The second kappa shape index (κ2) is 12.2. The zero-order valence-corrected chi connectivity index (χ0v) is 20.8. The van der Waals surface area contributed by atoms with Gasteiger partial charge in [0.25, 0.3) is 0 Å². The molecule has 0 radical (unpaired) electrons. The van der Waals surface area contributed by atoms with E-state index in [0.717, 1.165) is 41.9 Å². The monoisotopic (exact) mass is 478 g/mol. The fraction of sp³-hybridized carbons (Fsp3) is 0.345. The first kappa shape index (κ1) is 25.9. The molecule has 186 valence electrons. The highest BCUT2D eigenvalue weighted by molar-refractivity contribution is 5.76. The summed E-state index contributed by atoms with van der Waals surface area (Å²) in [5.74, 6) is 1.84. The maximum Gasteiger partial charge on any atom is 0.347 e. The lowest BCUT2D eigenvalue weighted by atomic mass is 10.1. The van der Waals surface area contributed by atoms with Gasteiger partial charge in [0.15, 0.2) is 5.60 Å². The van der Waals surface area contributed by atoms with Crippen LogP contribution in [0.5, 0.6) is 23.0 Å². The number of carbonyl (C=O) groups is 1. The summed E-state index contributed by atoms with van der Waals surface area (Å²) in [6, 6.07) is 23.1. The normalized spacial score (nSPS) is 12.0. The molecule has 1 atom stereocenters. The summed E-state index contributed by atoms with van der Waals surface area (Å²) in [5, 5.41) is 9.19. The minimum atomic E-state index is -1.29. The highest BCUT2D eigenvalue weighted by atomic mass is 16.5. The number of carboxylic acids is 1. The van der Waals surface area contributed by atoms with E-state index in [1.165, 1.54) is 13.8 Å². The second-order valence-corrected chi connectivity index (χ2v) is 8.81. The lowest BCUT2D eigenvalue weighted by Crippen LogP contribution is -2.37. The zero-order chi connectivity index (χ0) is 25.3. The molecule has 0 unspecified atom stereocenters. The number of ether oxygens (including phenoxy) is 4. The van der Waals surface area contributed by atoms with E-state index >= 15 is 0 Å². The van der Waals surface area contributed by atoms with E-state index in [1.807, 2.05) is 36.4 Å². The fourth-order valence-electron chi connectivity index (χ4n) is 3.54. The number of carboxylic acid groups (broad SMARTS) is 1. The standard InChI is InChI=1S/C29H34O6/c1-5-6-25(19-20-33-24-15-17-27(18-16-24)35-29(2,3)28(30)31)34-26-13-9-22(10-14-26)21-7-11-23(32-4)12-8-21/h7-18,25H,5-6,19-20H2,1-4H3,(H,30,31)/t25-/m0/s1. The molecule has 0 heterocycles. The van der Waals surface area contributed by atoms with Gasteiger partial charge in [-0.25, -0.2) is 4.79 Å². The van der Waals surface area contributed by atoms with E-state index in [4.69, 9.17) is 18.9 Å². The van der Waals surface area contributed by atoms with Crippen molar-refractivity contribution >= 4 is 5.97 Å². The quantitative estimate of drug-likeness (QED) is 0.298. The van der Waals surface area contributed by atoms with Crippen LogP contribution in [0, 0.1) is 0 Å². The van der Waals surface area contributed by atoms with Gasteiger partial charge in [-0.2, -0.15) is 0 Å². The maximum absolute atomic E-state index is 11.2. The van der Waals surface area contributed by atoms with Gasteiger partial charge in [0.1, 0.15) is 29.1 Å². The molecule has 0 bridgehead atoms. The minimum absolute atomic E-state index is 0.0470. The minimum Gasteiger partial charge on any atom is -0.497 e. The van der Waals surface area contributed by atoms with E-state index in [9.17, 15) is 9.90 Å². The molecule has 0 spiro atoms. The highest BCUT2D eigenvalue weighted by Crippen LogP contribution is 2.26. The first-order chi connectivity index (χ1) is 16.8. The van der Waals surface area contributed by atoms with Crippen molar-refractivity contribution in [2.45, 2.75) is 51.7 Å². The van der Waals surface area contributed by atoms with Gasteiger partial charge in [0.05, 0.1) is 13.7 Å². The highest BCUT2D eigenvalue weighted by Gasteiger charge is 2.29. The lowest BCUT2D eigenvalue weighted by molar-refractivity contribution is -0.152. The third kappa shape index (κ3) is 7.67. The second-order valence-electron chi connectivity index (χ2n) is 8.81. The van der Waals surface area contributed by atoms with Crippen molar-refractivity contribution in [3.63, 3.8) is 0 Å². The van der Waals surface area contributed by atoms with Crippen LogP contribution in [0.15, 0.2) is 72.8 Å². The summed E-state index contributed by atoms with van der Waals surface area (Å²) in [7, 11) is 1.66. The van der Waals surface area contributed by atoms with Crippen LogP contribution in [0.3, 0.4) is 0 Å². The number of hydrogen-bond acceptors (Lipinski definition) is 5. The molecule has 0 amide bonds.